The summed E-state index contributed by atoms with van der Waals surface area (Å²) in [6.07, 6.45) is 0.736. The first-order valence-corrected chi connectivity index (χ1v) is 16.5. The minimum atomic E-state index is -4.20. The average Bonchev–Trinajstić information content (AvgIpc) is 3.02. The van der Waals surface area contributed by atoms with Crippen LogP contribution in [0.3, 0.4) is 0 Å². The summed E-state index contributed by atoms with van der Waals surface area (Å²) >= 11 is 0. The lowest BCUT2D eigenvalue weighted by Crippen LogP contribution is -2.54. The van der Waals surface area contributed by atoms with Crippen molar-refractivity contribution in [1.29, 1.82) is 0 Å². The van der Waals surface area contributed by atoms with Gasteiger partial charge in [-0.05, 0) is 74.2 Å². The first-order chi connectivity index (χ1) is 21.5. The summed E-state index contributed by atoms with van der Waals surface area (Å²) in [5, 5.41) is 2.93. The Kier molecular flexibility index (Phi) is 11.1. The largest absolute Gasteiger partial charge is 0.352 e. The van der Waals surface area contributed by atoms with Gasteiger partial charge >= 0.3 is 0 Å². The SMILES string of the molecule is CCc1ccccc1N(CC(=O)N(Cc1ccc(F)cc1)[C@H](Cc1ccccc1)C(=O)NC(C)C)S(=O)(=O)c1ccc(C)cc1. The van der Waals surface area contributed by atoms with E-state index in [-0.39, 0.29) is 29.8 Å². The highest BCUT2D eigenvalue weighted by molar-refractivity contribution is 7.92. The van der Waals surface area contributed by atoms with E-state index in [9.17, 15) is 22.4 Å². The molecule has 0 unspecified atom stereocenters. The number of nitrogens with one attached hydrogen (secondary N) is 1. The van der Waals surface area contributed by atoms with E-state index in [1.165, 1.54) is 29.2 Å². The van der Waals surface area contributed by atoms with Gasteiger partial charge in [-0.25, -0.2) is 12.8 Å². The molecule has 4 aromatic rings. The van der Waals surface area contributed by atoms with Crippen LogP contribution < -0.4 is 9.62 Å². The van der Waals surface area contributed by atoms with Gasteiger partial charge in [-0.15, -0.1) is 0 Å². The number of carbonyl (C=O) groups excluding carboxylic acids is 2. The number of nitrogens with zero attached hydrogens (tertiary/aromatic N) is 2. The summed E-state index contributed by atoms with van der Waals surface area (Å²) in [4.78, 5) is 29.7. The molecule has 0 saturated carbocycles. The molecule has 0 aliphatic carbocycles. The lowest BCUT2D eigenvalue weighted by Gasteiger charge is -2.34. The molecule has 0 aliphatic rings. The minimum Gasteiger partial charge on any atom is -0.352 e. The van der Waals surface area contributed by atoms with E-state index in [0.29, 0.717) is 17.7 Å². The van der Waals surface area contributed by atoms with Gasteiger partial charge in [0.15, 0.2) is 0 Å². The molecule has 0 aliphatic heterocycles. The lowest BCUT2D eigenvalue weighted by atomic mass is 10.0. The van der Waals surface area contributed by atoms with Crippen molar-refractivity contribution in [2.24, 2.45) is 0 Å². The van der Waals surface area contributed by atoms with E-state index in [2.05, 4.69) is 5.32 Å². The second kappa shape index (κ2) is 15.0. The number of rotatable bonds is 13. The third-order valence-electron chi connectivity index (χ3n) is 7.50. The van der Waals surface area contributed by atoms with E-state index in [1.807, 2.05) is 70.2 Å². The van der Waals surface area contributed by atoms with Crippen LogP contribution in [0.15, 0.2) is 108 Å². The monoisotopic (exact) mass is 629 g/mol. The normalized spacial score (nSPS) is 12.0. The molecule has 45 heavy (non-hydrogen) atoms. The number of amides is 2. The van der Waals surface area contributed by atoms with Crippen molar-refractivity contribution in [3.63, 3.8) is 0 Å². The quantitative estimate of drug-likeness (QED) is 0.195. The smallest absolute Gasteiger partial charge is 0.264 e. The molecule has 1 N–H and O–H groups in total. The molecule has 4 aromatic carbocycles. The Labute approximate surface area is 265 Å². The molecule has 2 amide bonds. The zero-order valence-electron chi connectivity index (χ0n) is 26.1. The summed E-state index contributed by atoms with van der Waals surface area (Å²) in [6.45, 7) is 6.88. The number of carbonyl (C=O) groups is 2. The Bertz CT molecular complexity index is 1690. The van der Waals surface area contributed by atoms with E-state index in [1.54, 1.807) is 36.4 Å². The van der Waals surface area contributed by atoms with Gasteiger partial charge < -0.3 is 10.2 Å². The number of para-hydroxylation sites is 1. The molecular formula is C36H40FN3O4S. The Morgan fingerprint density at radius 3 is 2.07 bits per heavy atom. The van der Waals surface area contributed by atoms with Crippen LogP contribution in [0.2, 0.25) is 0 Å². The van der Waals surface area contributed by atoms with Crippen LogP contribution in [0.5, 0.6) is 0 Å². The number of sulfonamides is 1. The maximum atomic E-state index is 14.5. The lowest BCUT2D eigenvalue weighted by molar-refractivity contribution is -0.140. The van der Waals surface area contributed by atoms with Crippen LogP contribution in [0.25, 0.3) is 0 Å². The van der Waals surface area contributed by atoms with Gasteiger partial charge in [-0.1, -0.05) is 85.3 Å². The average molecular weight is 630 g/mol. The summed E-state index contributed by atoms with van der Waals surface area (Å²) in [5.41, 5.74) is 3.48. The summed E-state index contributed by atoms with van der Waals surface area (Å²) in [7, 11) is -4.20. The second-order valence-electron chi connectivity index (χ2n) is 11.3. The number of aryl methyl sites for hydroxylation is 2. The zero-order chi connectivity index (χ0) is 32.6. The molecule has 236 valence electrons. The third-order valence-corrected chi connectivity index (χ3v) is 9.27. The fraction of sp³-hybridized carbons (Fsp3) is 0.278. The molecule has 7 nitrogen and oxygen atoms in total. The third kappa shape index (κ3) is 8.57. The molecule has 0 radical (unpaired) electrons. The number of hydrogen-bond acceptors (Lipinski definition) is 4. The summed E-state index contributed by atoms with van der Waals surface area (Å²) in [5.74, 6) is -1.37. The Hall–Kier alpha value is -4.50. The van der Waals surface area contributed by atoms with Crippen LogP contribution in [0, 0.1) is 12.7 Å². The molecule has 0 aromatic heterocycles. The van der Waals surface area contributed by atoms with Crippen LogP contribution in [-0.2, 0) is 39.0 Å². The molecule has 0 saturated heterocycles. The van der Waals surface area contributed by atoms with Crippen molar-refractivity contribution in [3.8, 4) is 0 Å². The standard InChI is InChI=1S/C36H40FN3O4S/c1-5-30-13-9-10-14-33(30)40(45(43,44)32-21-15-27(4)16-22-32)25-35(41)39(24-29-17-19-31(37)20-18-29)34(36(42)38-26(2)3)23-28-11-7-6-8-12-28/h6-22,26,34H,5,23-25H2,1-4H3,(H,38,42)/t34-/m1/s1. The van der Waals surface area contributed by atoms with Crippen molar-refractivity contribution < 1.29 is 22.4 Å². The van der Waals surface area contributed by atoms with Gasteiger partial charge in [0, 0.05) is 19.0 Å². The second-order valence-corrected chi connectivity index (χ2v) is 13.2. The van der Waals surface area contributed by atoms with Gasteiger partial charge in [0.05, 0.1) is 10.6 Å². The van der Waals surface area contributed by atoms with E-state index in [4.69, 9.17) is 0 Å². The predicted octanol–water partition coefficient (Wildman–Crippen LogP) is 6.06. The number of hydrogen-bond donors (Lipinski definition) is 1. The molecular weight excluding hydrogens is 589 g/mol. The van der Waals surface area contributed by atoms with Crippen LogP contribution in [-0.4, -0.2) is 43.8 Å². The van der Waals surface area contributed by atoms with Gasteiger partial charge in [-0.2, -0.15) is 0 Å². The number of benzene rings is 4. The molecule has 0 bridgehead atoms. The minimum absolute atomic E-state index is 0.0318. The maximum Gasteiger partial charge on any atom is 0.264 e. The molecule has 0 heterocycles. The molecule has 1 atom stereocenters. The van der Waals surface area contributed by atoms with Crippen molar-refractivity contribution in [2.45, 2.75) is 64.1 Å². The number of halogens is 1. The van der Waals surface area contributed by atoms with Crippen LogP contribution in [0.4, 0.5) is 10.1 Å². The van der Waals surface area contributed by atoms with Gasteiger partial charge in [0.25, 0.3) is 10.0 Å². The first-order valence-electron chi connectivity index (χ1n) is 15.0. The molecule has 4 rings (SSSR count). The van der Waals surface area contributed by atoms with Gasteiger partial charge in [-0.3, -0.25) is 13.9 Å². The zero-order valence-corrected chi connectivity index (χ0v) is 26.9. The molecule has 9 heteroatoms. The van der Waals surface area contributed by atoms with E-state index in [0.717, 1.165) is 21.0 Å². The highest BCUT2D eigenvalue weighted by atomic mass is 32.2. The van der Waals surface area contributed by atoms with E-state index < -0.39 is 34.3 Å². The highest BCUT2D eigenvalue weighted by Crippen LogP contribution is 2.29. The Morgan fingerprint density at radius 1 is 0.822 bits per heavy atom. The summed E-state index contributed by atoms with van der Waals surface area (Å²) < 4.78 is 43.4. The summed E-state index contributed by atoms with van der Waals surface area (Å²) in [6, 6.07) is 27.4. The fourth-order valence-corrected chi connectivity index (χ4v) is 6.58. The first kappa shape index (κ1) is 33.4. The van der Waals surface area contributed by atoms with Crippen molar-refractivity contribution in [1.82, 2.24) is 10.2 Å². The fourth-order valence-electron chi connectivity index (χ4n) is 5.13. The van der Waals surface area contributed by atoms with Gasteiger partial charge in [0.2, 0.25) is 11.8 Å². The van der Waals surface area contributed by atoms with Crippen LogP contribution >= 0.6 is 0 Å². The topological polar surface area (TPSA) is 86.8 Å². The Balaban J connectivity index is 1.83. The molecule has 0 fully saturated rings. The maximum absolute atomic E-state index is 14.5. The Morgan fingerprint density at radius 2 is 1.44 bits per heavy atom. The number of anilines is 1. The van der Waals surface area contributed by atoms with Crippen molar-refractivity contribution in [2.75, 3.05) is 10.8 Å². The highest BCUT2D eigenvalue weighted by Gasteiger charge is 2.35. The molecule has 0 spiro atoms. The van der Waals surface area contributed by atoms with Crippen LogP contribution in [0.1, 0.15) is 43.0 Å². The van der Waals surface area contributed by atoms with Crippen molar-refractivity contribution >= 4 is 27.5 Å². The van der Waals surface area contributed by atoms with Gasteiger partial charge in [0.1, 0.15) is 18.4 Å². The van der Waals surface area contributed by atoms with E-state index >= 15 is 0 Å². The van der Waals surface area contributed by atoms with Crippen molar-refractivity contribution in [3.05, 3.63) is 131 Å². The predicted molar refractivity (Wildman–Crippen MR) is 176 cm³/mol.